The van der Waals surface area contributed by atoms with E-state index in [0.29, 0.717) is 0 Å². The largest absolute Gasteiger partial charge is 0.151 e. The zero-order valence-corrected chi connectivity index (χ0v) is 12.4. The molecular weight excluding hydrogens is 276 g/mol. The van der Waals surface area contributed by atoms with E-state index in [-0.39, 0.29) is 0 Å². The molecule has 0 atom stereocenters. The second kappa shape index (κ2) is 8.72. The van der Waals surface area contributed by atoms with Gasteiger partial charge in [0.2, 0.25) is 0 Å². The zero-order valence-electron chi connectivity index (χ0n) is 11.5. The van der Waals surface area contributed by atoms with E-state index < -0.39 is 0 Å². The molecule has 0 bridgehead atoms. The number of nitrogens with zero attached hydrogens (tertiary/aromatic N) is 2. The van der Waals surface area contributed by atoms with E-state index in [9.17, 15) is 0 Å². The summed E-state index contributed by atoms with van der Waals surface area (Å²) in [6.07, 6.45) is 0. The van der Waals surface area contributed by atoms with Gasteiger partial charge in [0.15, 0.2) is 0 Å². The van der Waals surface area contributed by atoms with Crippen LogP contribution in [0.5, 0.6) is 0 Å². The molecule has 0 aliphatic heterocycles. The molecule has 3 heteroatoms. The molecule has 21 heavy (non-hydrogen) atoms. The van der Waals surface area contributed by atoms with E-state index in [1.807, 2.05) is 91.0 Å². The molecule has 3 rings (SSSR count). The third-order valence-electron chi connectivity index (χ3n) is 2.55. The lowest BCUT2D eigenvalue weighted by Crippen LogP contribution is -1.62. The Bertz CT molecular complexity index is 611. The van der Waals surface area contributed by atoms with Gasteiger partial charge in [0.1, 0.15) is 0 Å². The van der Waals surface area contributed by atoms with Crippen LogP contribution in [0, 0.1) is 0 Å². The van der Waals surface area contributed by atoms with Crippen LogP contribution in [0.25, 0.3) is 0 Å². The van der Waals surface area contributed by atoms with Crippen LogP contribution in [0.1, 0.15) is 0 Å². The highest BCUT2D eigenvalue weighted by Crippen LogP contribution is 2.16. The van der Waals surface area contributed by atoms with Gasteiger partial charge in [0.05, 0.1) is 11.4 Å². The fourth-order valence-corrected chi connectivity index (χ4v) is 1.70. The fourth-order valence-electron chi connectivity index (χ4n) is 1.53. The molecule has 0 unspecified atom stereocenters. The Morgan fingerprint density at radius 1 is 0.476 bits per heavy atom. The number of thiol groups is 1. The molecule has 0 saturated carbocycles. The summed E-state index contributed by atoms with van der Waals surface area (Å²) in [6.45, 7) is 0. The van der Waals surface area contributed by atoms with Crippen molar-refractivity contribution in [1.29, 1.82) is 0 Å². The predicted molar refractivity (Wildman–Crippen MR) is 90.8 cm³/mol. The number of benzene rings is 3. The Kier molecular flexibility index (Phi) is 6.23. The smallest absolute Gasteiger partial charge is 0.0857 e. The Hall–Kier alpha value is -2.39. The monoisotopic (exact) mass is 292 g/mol. The van der Waals surface area contributed by atoms with Gasteiger partial charge >= 0.3 is 0 Å². The van der Waals surface area contributed by atoms with E-state index in [4.69, 9.17) is 0 Å². The molecule has 0 N–H and O–H groups in total. The molecule has 0 aromatic heterocycles. The predicted octanol–water partition coefficient (Wildman–Crippen LogP) is 6.08. The molecular formula is C18H16N2S. The van der Waals surface area contributed by atoms with Crippen molar-refractivity contribution >= 4 is 24.0 Å². The molecule has 0 amide bonds. The number of hydrogen-bond donors (Lipinski definition) is 1. The normalized spacial score (nSPS) is 9.95. The first-order chi connectivity index (χ1) is 10.3. The van der Waals surface area contributed by atoms with Gasteiger partial charge in [-0.2, -0.15) is 10.2 Å². The number of hydrogen-bond acceptors (Lipinski definition) is 3. The maximum atomic E-state index is 4.10. The van der Waals surface area contributed by atoms with Gasteiger partial charge in [-0.25, -0.2) is 0 Å². The molecule has 0 aliphatic rings. The lowest BCUT2D eigenvalue weighted by atomic mass is 10.3. The summed E-state index contributed by atoms with van der Waals surface area (Å²) in [4.78, 5) is 1.02. The summed E-state index contributed by atoms with van der Waals surface area (Å²) in [5.74, 6) is 0. The van der Waals surface area contributed by atoms with Crippen molar-refractivity contribution in [2.45, 2.75) is 4.90 Å². The molecule has 0 aliphatic carbocycles. The number of azo groups is 1. The van der Waals surface area contributed by atoms with Gasteiger partial charge in [-0.3, -0.25) is 0 Å². The molecule has 0 fully saturated rings. The minimum Gasteiger partial charge on any atom is -0.151 e. The average molecular weight is 292 g/mol. The first kappa shape index (κ1) is 15.0. The average Bonchev–Trinajstić information content (AvgIpc) is 2.56. The highest BCUT2D eigenvalue weighted by Gasteiger charge is 1.86. The van der Waals surface area contributed by atoms with Crippen LogP contribution in [0.3, 0.4) is 0 Å². The van der Waals surface area contributed by atoms with Crippen molar-refractivity contribution in [1.82, 2.24) is 0 Å². The quantitative estimate of drug-likeness (QED) is 0.437. The van der Waals surface area contributed by atoms with Crippen LogP contribution in [0.4, 0.5) is 11.4 Å². The maximum Gasteiger partial charge on any atom is 0.0857 e. The van der Waals surface area contributed by atoms with Gasteiger partial charge in [0, 0.05) is 4.90 Å². The molecule has 3 aromatic rings. The van der Waals surface area contributed by atoms with Crippen molar-refractivity contribution in [3.63, 3.8) is 0 Å². The van der Waals surface area contributed by atoms with E-state index in [1.54, 1.807) is 0 Å². The summed E-state index contributed by atoms with van der Waals surface area (Å²) in [5.41, 5.74) is 1.74. The van der Waals surface area contributed by atoms with Crippen LogP contribution in [0.2, 0.25) is 0 Å². The summed E-state index contributed by atoms with van der Waals surface area (Å²) < 4.78 is 0. The third kappa shape index (κ3) is 6.06. The van der Waals surface area contributed by atoms with E-state index in [2.05, 4.69) is 22.9 Å². The van der Waals surface area contributed by atoms with E-state index in [1.165, 1.54) is 0 Å². The Morgan fingerprint density at radius 3 is 1.10 bits per heavy atom. The van der Waals surface area contributed by atoms with Gasteiger partial charge in [-0.05, 0) is 36.4 Å². The maximum absolute atomic E-state index is 4.10. The van der Waals surface area contributed by atoms with Crippen molar-refractivity contribution in [2.75, 3.05) is 0 Å². The fraction of sp³-hybridized carbons (Fsp3) is 0. The minimum absolute atomic E-state index is 0.872. The van der Waals surface area contributed by atoms with Crippen molar-refractivity contribution in [3.05, 3.63) is 91.0 Å². The van der Waals surface area contributed by atoms with Crippen LogP contribution in [-0.2, 0) is 0 Å². The first-order valence-corrected chi connectivity index (χ1v) is 7.05. The van der Waals surface area contributed by atoms with Gasteiger partial charge < -0.3 is 0 Å². The summed E-state index contributed by atoms with van der Waals surface area (Å²) in [5, 5.41) is 8.20. The second-order valence-corrected chi connectivity index (χ2v) is 4.72. The molecule has 0 heterocycles. The first-order valence-electron chi connectivity index (χ1n) is 6.60. The summed E-state index contributed by atoms with van der Waals surface area (Å²) in [7, 11) is 0. The molecule has 104 valence electrons. The molecule has 0 radical (unpaired) electrons. The topological polar surface area (TPSA) is 24.7 Å². The Labute approximate surface area is 130 Å². The molecule has 0 saturated heterocycles. The van der Waals surface area contributed by atoms with Gasteiger partial charge in [0.25, 0.3) is 0 Å². The lowest BCUT2D eigenvalue weighted by Gasteiger charge is -1.91. The highest BCUT2D eigenvalue weighted by molar-refractivity contribution is 7.80. The van der Waals surface area contributed by atoms with Gasteiger partial charge in [-0.15, -0.1) is 12.6 Å². The third-order valence-corrected chi connectivity index (χ3v) is 2.85. The molecule has 0 spiro atoms. The van der Waals surface area contributed by atoms with Crippen molar-refractivity contribution in [2.24, 2.45) is 10.2 Å². The molecule has 2 nitrogen and oxygen atoms in total. The lowest BCUT2D eigenvalue weighted by molar-refractivity contribution is 1.23. The molecule has 3 aromatic carbocycles. The van der Waals surface area contributed by atoms with Crippen LogP contribution in [0.15, 0.2) is 106 Å². The summed E-state index contributed by atoms with van der Waals surface area (Å²) >= 11 is 4.08. The second-order valence-electron chi connectivity index (χ2n) is 4.21. The Morgan fingerprint density at radius 2 is 0.810 bits per heavy atom. The number of rotatable bonds is 2. The van der Waals surface area contributed by atoms with Crippen LogP contribution >= 0.6 is 12.6 Å². The van der Waals surface area contributed by atoms with Crippen molar-refractivity contribution < 1.29 is 0 Å². The zero-order chi connectivity index (χ0) is 14.8. The van der Waals surface area contributed by atoms with Crippen molar-refractivity contribution in [3.8, 4) is 0 Å². The van der Waals surface area contributed by atoms with Gasteiger partial charge in [-0.1, -0.05) is 54.6 Å². The SMILES string of the molecule is Sc1ccccc1.c1ccc(N=Nc2ccccc2)cc1. The van der Waals surface area contributed by atoms with E-state index in [0.717, 1.165) is 16.3 Å². The Balaban J connectivity index is 0.000000194. The highest BCUT2D eigenvalue weighted by atomic mass is 32.1. The van der Waals surface area contributed by atoms with Crippen LogP contribution in [-0.4, -0.2) is 0 Å². The standard InChI is InChI=1S/C12H10N2.C6H6S/c1-3-7-11(8-4-1)13-14-12-9-5-2-6-10-12;7-6-4-2-1-3-5-6/h1-10H;1-5,7H. The minimum atomic E-state index is 0.872. The van der Waals surface area contributed by atoms with E-state index >= 15 is 0 Å². The van der Waals surface area contributed by atoms with Crippen LogP contribution < -0.4 is 0 Å². The summed E-state index contributed by atoms with van der Waals surface area (Å²) in [6, 6.07) is 29.2.